The predicted octanol–water partition coefficient (Wildman–Crippen LogP) is -1.56. The van der Waals surface area contributed by atoms with E-state index in [9.17, 15) is 0 Å². The zero-order chi connectivity index (χ0) is 6.00. The van der Waals surface area contributed by atoms with Gasteiger partial charge in [0.15, 0.2) is 0 Å². The summed E-state index contributed by atoms with van der Waals surface area (Å²) in [6.07, 6.45) is 0. The van der Waals surface area contributed by atoms with Crippen molar-refractivity contribution in [1.29, 1.82) is 0 Å². The minimum atomic E-state index is 3.00. The molecule has 0 aliphatic carbocycles. The lowest BCUT2D eigenvalue weighted by atomic mass is 11.3. The van der Waals surface area contributed by atoms with Gasteiger partial charge in [0.1, 0.15) is 0 Å². The van der Waals surface area contributed by atoms with Crippen molar-refractivity contribution in [2.24, 2.45) is 23.4 Å². The van der Waals surface area contributed by atoms with E-state index < -0.39 is 0 Å². The molecule has 0 saturated heterocycles. The molecule has 0 aromatic carbocycles. The zero-order valence-corrected chi connectivity index (χ0v) is 3.72. The summed E-state index contributed by atoms with van der Waals surface area (Å²) < 4.78 is 0. The van der Waals surface area contributed by atoms with Crippen molar-refractivity contribution in [3.05, 3.63) is 13.2 Å². The first-order valence-electron chi connectivity index (χ1n) is 1.17. The lowest BCUT2D eigenvalue weighted by Gasteiger charge is -1.27. The number of nitrogens with two attached hydrogens (primary N) is 4. The van der Waals surface area contributed by atoms with Crippen LogP contribution < -0.4 is 23.4 Å². The van der Waals surface area contributed by atoms with Crippen molar-refractivity contribution in [1.82, 2.24) is 0 Å². The molecule has 0 amide bonds. The largest absolute Gasteiger partial charge is 0.274 e. The first kappa shape index (κ1) is 17.6. The molecular formula is C2H12N4. The molecule has 0 heterocycles. The third-order valence-corrected chi connectivity index (χ3v) is 0. The van der Waals surface area contributed by atoms with Gasteiger partial charge in [0.05, 0.1) is 0 Å². The molecule has 0 unspecified atom stereocenters. The van der Waals surface area contributed by atoms with Crippen LogP contribution in [-0.2, 0) is 0 Å². The second-order valence-corrected chi connectivity index (χ2v) is 0. The normalized spacial score (nSPS) is 2.67. The van der Waals surface area contributed by atoms with Crippen molar-refractivity contribution in [3.63, 3.8) is 0 Å². The van der Waals surface area contributed by atoms with Gasteiger partial charge in [-0.15, -0.1) is 13.2 Å². The van der Waals surface area contributed by atoms with E-state index in [4.69, 9.17) is 0 Å². The van der Waals surface area contributed by atoms with Crippen LogP contribution in [0, 0.1) is 0 Å². The molecule has 0 bridgehead atoms. The fraction of sp³-hybridized carbons (Fsp3) is 0. The van der Waals surface area contributed by atoms with E-state index in [1.165, 1.54) is 0 Å². The van der Waals surface area contributed by atoms with E-state index in [-0.39, 0.29) is 0 Å². The molecule has 0 atom stereocenters. The summed E-state index contributed by atoms with van der Waals surface area (Å²) in [7, 11) is 0. The Morgan fingerprint density at radius 3 is 0.667 bits per heavy atom. The maximum atomic E-state index is 4.00. The van der Waals surface area contributed by atoms with Crippen LogP contribution in [0.4, 0.5) is 0 Å². The van der Waals surface area contributed by atoms with Crippen LogP contribution in [0.1, 0.15) is 0 Å². The van der Waals surface area contributed by atoms with Gasteiger partial charge >= 0.3 is 0 Å². The van der Waals surface area contributed by atoms with E-state index in [0.29, 0.717) is 0 Å². The first-order valence-corrected chi connectivity index (χ1v) is 1.17. The second-order valence-electron chi connectivity index (χ2n) is 0. The highest BCUT2D eigenvalue weighted by Crippen LogP contribution is 0.862. The van der Waals surface area contributed by atoms with Gasteiger partial charge in [0.25, 0.3) is 0 Å². The van der Waals surface area contributed by atoms with Crippen molar-refractivity contribution < 1.29 is 0 Å². The first-order chi connectivity index (χ1) is 3.00. The van der Waals surface area contributed by atoms with Crippen LogP contribution in [0.3, 0.4) is 0 Å². The minimum absolute atomic E-state index is 3.00. The smallest absolute Gasteiger partial charge is 0.106 e. The molecule has 0 spiro atoms. The van der Waals surface area contributed by atoms with Gasteiger partial charge in [-0.2, -0.15) is 0 Å². The number of hydrogen-bond acceptors (Lipinski definition) is 4. The van der Waals surface area contributed by atoms with Crippen LogP contribution in [0.5, 0.6) is 0 Å². The molecule has 0 radical (unpaired) electrons. The van der Waals surface area contributed by atoms with E-state index >= 15 is 0 Å². The highest BCUT2D eigenvalue weighted by atomic mass is 15.0. The standard InChI is InChI=1S/C2H4.2H4N2/c3*1-2/h3*1-2H2. The lowest BCUT2D eigenvalue weighted by Crippen LogP contribution is -2.02. The highest BCUT2D eigenvalue weighted by molar-refractivity contribution is 4.22. The molecule has 8 N–H and O–H groups in total. The fourth-order valence-electron chi connectivity index (χ4n) is 0. The number of hydrazine groups is 2. The maximum Gasteiger partial charge on any atom is -0.106 e. The monoisotopic (exact) mass is 92.1 g/mol. The Hall–Kier alpha value is -0.420. The SMILES string of the molecule is C=C.NN.NN. The molecule has 0 rings (SSSR count). The van der Waals surface area contributed by atoms with Crippen LogP contribution in [0.15, 0.2) is 13.2 Å². The fourth-order valence-corrected chi connectivity index (χ4v) is 0. The average molecular weight is 92.1 g/mol. The molecule has 0 fully saturated rings. The number of hydrogen-bond donors (Lipinski definition) is 4. The van der Waals surface area contributed by atoms with Gasteiger partial charge in [0, 0.05) is 0 Å². The quantitative estimate of drug-likeness (QED) is 0.165. The van der Waals surface area contributed by atoms with Gasteiger partial charge in [-0.25, -0.2) is 0 Å². The summed E-state index contributed by atoms with van der Waals surface area (Å²) in [5, 5.41) is 0. The maximum absolute atomic E-state index is 4.00. The third-order valence-electron chi connectivity index (χ3n) is 0. The molecule has 40 valence electrons. The van der Waals surface area contributed by atoms with Crippen molar-refractivity contribution >= 4 is 0 Å². The summed E-state index contributed by atoms with van der Waals surface area (Å²) in [4.78, 5) is 0. The van der Waals surface area contributed by atoms with Gasteiger partial charge in [0.2, 0.25) is 0 Å². The second kappa shape index (κ2) is 333. The topological polar surface area (TPSA) is 104 Å². The van der Waals surface area contributed by atoms with Crippen molar-refractivity contribution in [3.8, 4) is 0 Å². The Labute approximate surface area is 37.7 Å². The van der Waals surface area contributed by atoms with Gasteiger partial charge in [-0.3, -0.25) is 23.4 Å². The Bertz CT molecular complexity index is 5.51. The van der Waals surface area contributed by atoms with Gasteiger partial charge in [-0.1, -0.05) is 0 Å². The number of rotatable bonds is 0. The summed E-state index contributed by atoms with van der Waals surface area (Å²) >= 11 is 0. The summed E-state index contributed by atoms with van der Waals surface area (Å²) in [6, 6.07) is 0. The molecule has 4 nitrogen and oxygen atoms in total. The Morgan fingerprint density at radius 2 is 0.667 bits per heavy atom. The highest BCUT2D eigenvalue weighted by Gasteiger charge is 0.728. The molecule has 0 aromatic rings. The molecular weight excluding hydrogens is 80.0 g/mol. The molecule has 6 heavy (non-hydrogen) atoms. The third kappa shape index (κ3) is 135. The predicted molar refractivity (Wildman–Crippen MR) is 28.0 cm³/mol. The molecule has 0 aromatic heterocycles. The summed E-state index contributed by atoms with van der Waals surface area (Å²) in [6.45, 7) is 6.00. The van der Waals surface area contributed by atoms with Crippen LogP contribution in [0.25, 0.3) is 0 Å². The van der Waals surface area contributed by atoms with Gasteiger partial charge in [-0.05, 0) is 0 Å². The Morgan fingerprint density at radius 1 is 0.667 bits per heavy atom. The van der Waals surface area contributed by atoms with E-state index in [0.717, 1.165) is 0 Å². The minimum Gasteiger partial charge on any atom is -0.274 e. The van der Waals surface area contributed by atoms with Crippen LogP contribution in [0.2, 0.25) is 0 Å². The van der Waals surface area contributed by atoms with Gasteiger partial charge < -0.3 is 0 Å². The Balaban J connectivity index is -0.0000000225. The van der Waals surface area contributed by atoms with Crippen molar-refractivity contribution in [2.45, 2.75) is 0 Å². The average Bonchev–Trinajstić information content (AvgIpc) is 1.81. The van der Waals surface area contributed by atoms with Crippen LogP contribution in [-0.4, -0.2) is 0 Å². The Kier molecular flexibility index (Phi) is 975. The summed E-state index contributed by atoms with van der Waals surface area (Å²) in [5.74, 6) is 16.0. The molecule has 0 aliphatic rings. The summed E-state index contributed by atoms with van der Waals surface area (Å²) in [5.41, 5.74) is 0. The molecule has 4 heteroatoms. The van der Waals surface area contributed by atoms with E-state index in [1.54, 1.807) is 0 Å². The van der Waals surface area contributed by atoms with E-state index in [1.807, 2.05) is 0 Å². The van der Waals surface area contributed by atoms with Crippen LogP contribution >= 0.6 is 0 Å². The van der Waals surface area contributed by atoms with E-state index in [2.05, 4.69) is 36.5 Å². The molecule has 0 saturated carbocycles. The lowest BCUT2D eigenvalue weighted by molar-refractivity contribution is 1.26. The van der Waals surface area contributed by atoms with Crippen molar-refractivity contribution in [2.75, 3.05) is 0 Å². The zero-order valence-electron chi connectivity index (χ0n) is 3.72. The molecule has 0 aliphatic heterocycles.